The highest BCUT2D eigenvalue weighted by atomic mass is 35.5. The molecule has 2 saturated heterocycles. The van der Waals surface area contributed by atoms with E-state index in [2.05, 4.69) is 10.3 Å². The van der Waals surface area contributed by atoms with Crippen molar-refractivity contribution in [2.24, 2.45) is 5.92 Å². The molecule has 2 atom stereocenters. The quantitative estimate of drug-likeness (QED) is 0.465. The Bertz CT molecular complexity index is 1450. The summed E-state index contributed by atoms with van der Waals surface area (Å²) in [6.07, 6.45) is 4.23. The average Bonchev–Trinajstić information content (AvgIpc) is 3.25. The number of amides is 2. The Hall–Kier alpha value is -3.83. The van der Waals surface area contributed by atoms with E-state index >= 15 is 8.78 Å². The molecule has 0 unspecified atom stereocenters. The van der Waals surface area contributed by atoms with Gasteiger partial charge in [0.25, 0.3) is 11.5 Å². The maximum absolute atomic E-state index is 15.2. The van der Waals surface area contributed by atoms with Crippen LogP contribution in [-0.2, 0) is 16.1 Å². The van der Waals surface area contributed by atoms with Crippen molar-refractivity contribution in [1.29, 1.82) is 0 Å². The van der Waals surface area contributed by atoms with E-state index in [-0.39, 0.29) is 29.5 Å². The number of carbonyl (C=O) groups is 2. The van der Waals surface area contributed by atoms with Gasteiger partial charge in [-0.1, -0.05) is 11.6 Å². The van der Waals surface area contributed by atoms with Gasteiger partial charge in [0, 0.05) is 60.5 Å². The van der Waals surface area contributed by atoms with Crippen LogP contribution in [0.3, 0.4) is 0 Å². The first kappa shape index (κ1) is 27.7. The molecule has 0 radical (unpaired) electrons. The van der Waals surface area contributed by atoms with E-state index in [1.807, 2.05) is 0 Å². The number of carbonyl (C=O) groups excluding carboxylic acids is 2. The standard InChI is InChI=1S/C28H27ClF2N4O5/c1-39-19-10-21(30)24(22(31)11-19)20-14-35(28(38)25(20)33-26(36)17-2-4-18(29)5-3-17)23-12-32-15-34(27(23)37)13-16-6-8-40-9-7-16/h2-5,10-12,15-16,20,25H,6-9,13-14H2,1H3,(H,33,36)/t20-,25-/m0/s1. The maximum atomic E-state index is 15.2. The van der Waals surface area contributed by atoms with Gasteiger partial charge in [-0.15, -0.1) is 0 Å². The molecule has 40 heavy (non-hydrogen) atoms. The highest BCUT2D eigenvalue weighted by Crippen LogP contribution is 2.36. The van der Waals surface area contributed by atoms with Gasteiger partial charge in [-0.25, -0.2) is 13.8 Å². The van der Waals surface area contributed by atoms with Crippen LogP contribution in [0.2, 0.25) is 5.02 Å². The highest BCUT2D eigenvalue weighted by Gasteiger charge is 2.46. The van der Waals surface area contributed by atoms with E-state index in [9.17, 15) is 14.4 Å². The smallest absolute Gasteiger partial charge is 0.277 e. The van der Waals surface area contributed by atoms with Gasteiger partial charge < -0.3 is 19.7 Å². The van der Waals surface area contributed by atoms with Gasteiger partial charge in [0.2, 0.25) is 5.91 Å². The van der Waals surface area contributed by atoms with Gasteiger partial charge in [0.1, 0.15) is 29.1 Å². The minimum absolute atomic E-state index is 0.0371. The van der Waals surface area contributed by atoms with Crippen LogP contribution in [0.5, 0.6) is 5.75 Å². The van der Waals surface area contributed by atoms with Crippen LogP contribution in [0.1, 0.15) is 34.7 Å². The lowest BCUT2D eigenvalue weighted by atomic mass is 9.92. The first-order valence-corrected chi connectivity index (χ1v) is 13.2. The second-order valence-electron chi connectivity index (χ2n) is 9.81. The summed E-state index contributed by atoms with van der Waals surface area (Å²) >= 11 is 5.92. The van der Waals surface area contributed by atoms with Crippen LogP contribution < -0.4 is 20.5 Å². The number of methoxy groups -OCH3 is 1. The Morgan fingerprint density at radius 3 is 2.48 bits per heavy atom. The molecule has 1 aromatic heterocycles. The third-order valence-electron chi connectivity index (χ3n) is 7.34. The number of nitrogens with one attached hydrogen (secondary N) is 1. The zero-order valence-corrected chi connectivity index (χ0v) is 22.4. The van der Waals surface area contributed by atoms with Crippen LogP contribution in [0, 0.1) is 17.6 Å². The highest BCUT2D eigenvalue weighted by molar-refractivity contribution is 6.30. The summed E-state index contributed by atoms with van der Waals surface area (Å²) < 4.78 is 42.2. The molecule has 0 spiro atoms. The lowest BCUT2D eigenvalue weighted by Crippen LogP contribution is -2.44. The molecule has 210 valence electrons. The summed E-state index contributed by atoms with van der Waals surface area (Å²) in [6.45, 7) is 1.34. The molecule has 5 rings (SSSR count). The average molecular weight is 573 g/mol. The van der Waals surface area contributed by atoms with Crippen molar-refractivity contribution in [2.75, 3.05) is 31.8 Å². The van der Waals surface area contributed by atoms with Crippen molar-refractivity contribution in [1.82, 2.24) is 14.9 Å². The second-order valence-corrected chi connectivity index (χ2v) is 10.2. The number of hydrogen-bond donors (Lipinski definition) is 1. The number of rotatable bonds is 7. The molecule has 2 fully saturated rings. The summed E-state index contributed by atoms with van der Waals surface area (Å²) in [4.78, 5) is 45.6. The number of nitrogens with zero attached hydrogens (tertiary/aromatic N) is 3. The van der Waals surface area contributed by atoms with Crippen molar-refractivity contribution in [3.05, 3.63) is 87.1 Å². The summed E-state index contributed by atoms with van der Waals surface area (Å²) in [5, 5.41) is 3.03. The number of halogens is 3. The molecule has 2 aromatic carbocycles. The summed E-state index contributed by atoms with van der Waals surface area (Å²) in [5.41, 5.74) is -0.703. The molecule has 12 heteroatoms. The molecule has 2 aliphatic heterocycles. The van der Waals surface area contributed by atoms with Crippen LogP contribution in [0.15, 0.2) is 53.7 Å². The van der Waals surface area contributed by atoms with Gasteiger partial charge >= 0.3 is 0 Å². The fourth-order valence-electron chi connectivity index (χ4n) is 5.19. The van der Waals surface area contributed by atoms with Crippen LogP contribution >= 0.6 is 11.6 Å². The Balaban J connectivity index is 1.50. The molecule has 0 aliphatic carbocycles. The van der Waals surface area contributed by atoms with E-state index < -0.39 is 46.5 Å². The predicted molar refractivity (Wildman–Crippen MR) is 143 cm³/mol. The second kappa shape index (κ2) is 11.7. The monoisotopic (exact) mass is 572 g/mol. The van der Waals surface area contributed by atoms with E-state index in [1.54, 1.807) is 0 Å². The largest absolute Gasteiger partial charge is 0.497 e. The SMILES string of the molecule is COc1cc(F)c([C@@H]2CN(c3cncn(CC4CCOCC4)c3=O)C(=O)[C@H]2NC(=O)c2ccc(Cl)cc2)c(F)c1. The van der Waals surface area contributed by atoms with Gasteiger partial charge in [0.15, 0.2) is 0 Å². The van der Waals surface area contributed by atoms with Gasteiger partial charge in [0.05, 0.1) is 19.6 Å². The number of anilines is 1. The van der Waals surface area contributed by atoms with Gasteiger partial charge in [-0.05, 0) is 43.0 Å². The first-order valence-electron chi connectivity index (χ1n) is 12.8. The first-order chi connectivity index (χ1) is 19.3. The molecule has 0 saturated carbocycles. The lowest BCUT2D eigenvalue weighted by molar-refractivity contribution is -0.118. The third-order valence-corrected chi connectivity index (χ3v) is 7.59. The van der Waals surface area contributed by atoms with E-state index in [1.165, 1.54) is 48.5 Å². The zero-order chi connectivity index (χ0) is 28.4. The molecular formula is C28H27ClF2N4O5. The minimum Gasteiger partial charge on any atom is -0.497 e. The van der Waals surface area contributed by atoms with E-state index in [0.717, 1.165) is 29.9 Å². The number of ether oxygens (including phenoxy) is 2. The predicted octanol–water partition coefficient (Wildman–Crippen LogP) is 3.54. The number of hydrogen-bond acceptors (Lipinski definition) is 6. The van der Waals surface area contributed by atoms with E-state index in [4.69, 9.17) is 21.1 Å². The topological polar surface area (TPSA) is 103 Å². The summed E-state index contributed by atoms with van der Waals surface area (Å²) in [7, 11) is 1.28. The Morgan fingerprint density at radius 1 is 1.15 bits per heavy atom. The van der Waals surface area contributed by atoms with Crippen molar-refractivity contribution in [3.8, 4) is 5.75 Å². The van der Waals surface area contributed by atoms with Crippen LogP contribution in [-0.4, -0.2) is 54.3 Å². The molecule has 2 amide bonds. The zero-order valence-electron chi connectivity index (χ0n) is 21.6. The Morgan fingerprint density at radius 2 is 1.82 bits per heavy atom. The number of benzene rings is 2. The molecule has 3 heterocycles. The van der Waals surface area contributed by atoms with Crippen molar-refractivity contribution >= 4 is 29.1 Å². The van der Waals surface area contributed by atoms with Crippen LogP contribution in [0.25, 0.3) is 0 Å². The molecule has 9 nitrogen and oxygen atoms in total. The van der Waals surface area contributed by atoms with Crippen molar-refractivity contribution < 1.29 is 27.8 Å². The normalized spacial score (nSPS) is 19.6. The molecule has 2 aliphatic rings. The Labute approximate surface area is 233 Å². The van der Waals surface area contributed by atoms with Gasteiger partial charge in [-0.3, -0.25) is 19.0 Å². The van der Waals surface area contributed by atoms with Crippen molar-refractivity contribution in [3.63, 3.8) is 0 Å². The fourth-order valence-corrected chi connectivity index (χ4v) is 5.32. The van der Waals surface area contributed by atoms with Gasteiger partial charge in [-0.2, -0.15) is 0 Å². The summed E-state index contributed by atoms with van der Waals surface area (Å²) in [6, 6.07) is 6.60. The lowest BCUT2D eigenvalue weighted by Gasteiger charge is -2.23. The molecule has 1 N–H and O–H groups in total. The van der Waals surface area contributed by atoms with Crippen LogP contribution in [0.4, 0.5) is 14.5 Å². The summed E-state index contributed by atoms with van der Waals surface area (Å²) in [5.74, 6) is -4.19. The van der Waals surface area contributed by atoms with E-state index in [0.29, 0.717) is 24.8 Å². The molecular weight excluding hydrogens is 546 g/mol. The third kappa shape index (κ3) is 5.57. The maximum Gasteiger partial charge on any atom is 0.277 e. The Kier molecular flexibility index (Phi) is 8.13. The molecule has 3 aromatic rings. The fraction of sp³-hybridized carbons (Fsp3) is 0.357. The number of aromatic nitrogens is 2. The minimum atomic E-state index is -1.37. The van der Waals surface area contributed by atoms with Crippen molar-refractivity contribution in [2.45, 2.75) is 31.3 Å². The molecule has 0 bridgehead atoms.